The van der Waals surface area contributed by atoms with E-state index in [-0.39, 0.29) is 30.3 Å². The van der Waals surface area contributed by atoms with Crippen molar-refractivity contribution in [3.63, 3.8) is 0 Å². The highest BCUT2D eigenvalue weighted by Gasteiger charge is 2.50. The number of carbonyl (C=O) groups excluding carboxylic acids is 1. The van der Waals surface area contributed by atoms with Crippen LogP contribution in [-0.2, 0) is 9.53 Å². The average molecular weight is 358 g/mol. The Bertz CT molecular complexity index is 725. The molecule has 0 saturated carbocycles. The number of aliphatic hydroxyl groups is 2. The maximum absolute atomic E-state index is 12.2. The van der Waals surface area contributed by atoms with Gasteiger partial charge in [0.1, 0.15) is 5.76 Å². The minimum atomic E-state index is -0.880. The van der Waals surface area contributed by atoms with Gasteiger partial charge in [0.2, 0.25) is 5.91 Å². The predicted molar refractivity (Wildman–Crippen MR) is 97.0 cm³/mol. The van der Waals surface area contributed by atoms with Crippen LogP contribution in [0.15, 0.2) is 47.8 Å². The van der Waals surface area contributed by atoms with Gasteiger partial charge < -0.3 is 20.3 Å². The molecule has 4 heterocycles. The summed E-state index contributed by atoms with van der Waals surface area (Å²) in [5.41, 5.74) is 0.797. The lowest BCUT2D eigenvalue weighted by Gasteiger charge is -2.54. The quantitative estimate of drug-likeness (QED) is 0.643. The molecule has 6 nitrogen and oxygen atoms in total. The summed E-state index contributed by atoms with van der Waals surface area (Å²) in [6, 6.07) is -0.311. The number of hydrogen-bond acceptors (Lipinski definition) is 5. The van der Waals surface area contributed by atoms with E-state index >= 15 is 0 Å². The van der Waals surface area contributed by atoms with Crippen LogP contribution in [0.25, 0.3) is 0 Å². The van der Waals surface area contributed by atoms with Gasteiger partial charge in [0.15, 0.2) is 0 Å². The van der Waals surface area contributed by atoms with Gasteiger partial charge in [-0.3, -0.25) is 9.69 Å². The second kappa shape index (κ2) is 6.37. The van der Waals surface area contributed by atoms with E-state index in [2.05, 4.69) is 16.8 Å². The van der Waals surface area contributed by atoms with Gasteiger partial charge in [0.25, 0.3) is 0 Å². The van der Waals surface area contributed by atoms with Crippen LogP contribution in [-0.4, -0.2) is 65.0 Å². The van der Waals surface area contributed by atoms with Crippen molar-refractivity contribution in [3.05, 3.63) is 47.8 Å². The third kappa shape index (κ3) is 2.73. The summed E-state index contributed by atoms with van der Waals surface area (Å²) >= 11 is 0. The van der Waals surface area contributed by atoms with Crippen molar-refractivity contribution >= 4 is 5.91 Å². The molecule has 3 N–H and O–H groups in total. The predicted octanol–water partition coefficient (Wildman–Crippen LogP) is 0.644. The minimum absolute atomic E-state index is 0.0784. The van der Waals surface area contributed by atoms with Gasteiger partial charge in [-0.05, 0) is 48.6 Å². The zero-order valence-electron chi connectivity index (χ0n) is 15.0. The van der Waals surface area contributed by atoms with Gasteiger partial charge >= 0.3 is 0 Å². The second-order valence-corrected chi connectivity index (χ2v) is 7.71. The topological polar surface area (TPSA) is 82.0 Å². The molecule has 0 aromatic rings. The molecule has 0 radical (unpaired) electrons. The first-order valence-electron chi connectivity index (χ1n) is 9.19. The number of nitrogens with one attached hydrogen (secondary N) is 1. The lowest BCUT2D eigenvalue weighted by molar-refractivity contribution is -0.126. The zero-order valence-corrected chi connectivity index (χ0v) is 15.0. The number of fused-ring (bicyclic) bond motifs is 4. The summed E-state index contributed by atoms with van der Waals surface area (Å²) in [6.45, 7) is 5.12. The molecule has 4 aliphatic heterocycles. The fourth-order valence-electron chi connectivity index (χ4n) is 4.85. The van der Waals surface area contributed by atoms with Gasteiger partial charge in [-0.25, -0.2) is 0 Å². The van der Waals surface area contributed by atoms with Crippen molar-refractivity contribution in [3.8, 4) is 0 Å². The summed E-state index contributed by atoms with van der Waals surface area (Å²) < 4.78 is 5.32. The SMILES string of the molecule is C=C[C@@]1(O)CN2CCC1C[C@H]2[C@H](O)C1=C2C=C(OC)C=CC2NC(=O)C1. The monoisotopic (exact) mass is 358 g/mol. The smallest absolute Gasteiger partial charge is 0.224 e. The van der Waals surface area contributed by atoms with Crippen LogP contribution < -0.4 is 5.32 Å². The van der Waals surface area contributed by atoms with Crippen LogP contribution in [0.5, 0.6) is 0 Å². The highest BCUT2D eigenvalue weighted by Crippen LogP contribution is 2.42. The fraction of sp³-hybridized carbons (Fsp3) is 0.550. The van der Waals surface area contributed by atoms with Crippen molar-refractivity contribution in [2.24, 2.45) is 5.92 Å². The summed E-state index contributed by atoms with van der Waals surface area (Å²) in [5.74, 6) is 0.730. The third-order valence-electron chi connectivity index (χ3n) is 6.36. The number of hydrogen-bond donors (Lipinski definition) is 3. The van der Waals surface area contributed by atoms with E-state index < -0.39 is 11.7 Å². The van der Waals surface area contributed by atoms with E-state index in [1.165, 1.54) is 0 Å². The molecule has 0 aromatic heterocycles. The molecule has 6 atom stereocenters. The molecular weight excluding hydrogens is 332 g/mol. The Morgan fingerprint density at radius 2 is 2.35 bits per heavy atom. The Morgan fingerprint density at radius 1 is 1.54 bits per heavy atom. The largest absolute Gasteiger partial charge is 0.497 e. The number of piperidine rings is 3. The van der Waals surface area contributed by atoms with Crippen LogP contribution in [0.3, 0.4) is 0 Å². The minimum Gasteiger partial charge on any atom is -0.497 e. The number of rotatable bonds is 4. The number of nitrogens with zero attached hydrogens (tertiary/aromatic N) is 1. The summed E-state index contributed by atoms with van der Waals surface area (Å²) in [5, 5.41) is 24.9. The first-order valence-corrected chi connectivity index (χ1v) is 9.19. The molecule has 26 heavy (non-hydrogen) atoms. The first-order chi connectivity index (χ1) is 12.4. The molecule has 1 aliphatic carbocycles. The summed E-state index contributed by atoms with van der Waals surface area (Å²) in [7, 11) is 1.61. The van der Waals surface area contributed by atoms with Gasteiger partial charge in [-0.1, -0.05) is 12.2 Å². The molecule has 3 unspecified atom stereocenters. The van der Waals surface area contributed by atoms with E-state index in [9.17, 15) is 15.0 Å². The van der Waals surface area contributed by atoms with Crippen LogP contribution >= 0.6 is 0 Å². The molecule has 0 aromatic carbocycles. The van der Waals surface area contributed by atoms with Crippen LogP contribution in [0.2, 0.25) is 0 Å². The maximum atomic E-state index is 12.2. The Morgan fingerprint density at radius 3 is 3.00 bits per heavy atom. The van der Waals surface area contributed by atoms with E-state index in [1.54, 1.807) is 13.2 Å². The standard InChI is InChI=1S/C20H26N2O4/c1-3-20(25)11-22-7-6-12(20)8-17(22)19(24)15-10-18(23)21-16-5-4-13(26-2)9-14(15)16/h3-5,9,12,16-17,19,24-25H,1,6-8,10-11H2,2H3,(H,21,23)/t12?,16?,17-,19+,20+/m0/s1. The highest BCUT2D eigenvalue weighted by molar-refractivity contribution is 5.83. The normalized spacial score (nSPS) is 39.8. The van der Waals surface area contributed by atoms with Crippen molar-refractivity contribution < 1.29 is 19.7 Å². The van der Waals surface area contributed by atoms with Gasteiger partial charge in [-0.15, -0.1) is 6.58 Å². The second-order valence-electron chi connectivity index (χ2n) is 7.71. The molecule has 3 saturated heterocycles. The molecule has 2 bridgehead atoms. The van der Waals surface area contributed by atoms with E-state index in [4.69, 9.17) is 4.74 Å². The van der Waals surface area contributed by atoms with Crippen LogP contribution in [0.4, 0.5) is 0 Å². The average Bonchev–Trinajstić information content (AvgIpc) is 2.66. The Balaban J connectivity index is 1.65. The highest BCUT2D eigenvalue weighted by atomic mass is 16.5. The summed E-state index contributed by atoms with van der Waals surface area (Å²) in [6.07, 6.45) is 8.31. The van der Waals surface area contributed by atoms with Gasteiger partial charge in [0.05, 0.1) is 31.3 Å². The lowest BCUT2D eigenvalue weighted by Crippen LogP contribution is -2.65. The zero-order chi connectivity index (χ0) is 18.5. The first kappa shape index (κ1) is 17.5. The molecule has 1 amide bonds. The number of aliphatic hydroxyl groups excluding tert-OH is 1. The molecular formula is C20H26N2O4. The summed E-state index contributed by atoms with van der Waals surface area (Å²) in [4.78, 5) is 14.3. The molecule has 0 spiro atoms. The van der Waals surface area contributed by atoms with E-state index in [0.29, 0.717) is 18.7 Å². The van der Waals surface area contributed by atoms with Gasteiger partial charge in [-0.2, -0.15) is 0 Å². The molecule has 3 fully saturated rings. The van der Waals surface area contributed by atoms with Crippen LogP contribution in [0.1, 0.15) is 19.3 Å². The Hall–Kier alpha value is -1.89. The van der Waals surface area contributed by atoms with Crippen molar-refractivity contribution in [1.29, 1.82) is 0 Å². The van der Waals surface area contributed by atoms with Gasteiger partial charge in [0, 0.05) is 12.6 Å². The lowest BCUT2D eigenvalue weighted by atomic mass is 9.70. The number of amides is 1. The Labute approximate surface area is 153 Å². The van der Waals surface area contributed by atoms with Crippen molar-refractivity contribution in [2.45, 2.75) is 43.1 Å². The fourth-order valence-corrected chi connectivity index (χ4v) is 4.85. The number of ether oxygens (including phenoxy) is 1. The Kier molecular flexibility index (Phi) is 4.29. The van der Waals surface area contributed by atoms with Crippen molar-refractivity contribution in [2.75, 3.05) is 20.2 Å². The van der Waals surface area contributed by atoms with Crippen LogP contribution in [0, 0.1) is 5.92 Å². The number of methoxy groups -OCH3 is 1. The molecule has 6 heteroatoms. The van der Waals surface area contributed by atoms with Crippen molar-refractivity contribution in [1.82, 2.24) is 10.2 Å². The molecule has 5 aliphatic rings. The van der Waals surface area contributed by atoms with E-state index in [0.717, 1.165) is 24.1 Å². The molecule has 140 valence electrons. The maximum Gasteiger partial charge on any atom is 0.224 e. The number of allylic oxidation sites excluding steroid dienone is 1. The third-order valence-corrected chi connectivity index (χ3v) is 6.36. The number of carbonyl (C=O) groups is 1. The molecule has 5 rings (SSSR count). The van der Waals surface area contributed by atoms with E-state index in [1.807, 2.05) is 18.2 Å².